The molecule has 1 aliphatic rings. The molecule has 62 heavy (non-hydrogen) atoms. The van der Waals surface area contributed by atoms with Crippen LogP contribution >= 0.6 is 0 Å². The number of hydrogen-bond acceptors (Lipinski definition) is 5. The third-order valence-corrected chi connectivity index (χ3v) is 12.1. The summed E-state index contributed by atoms with van der Waals surface area (Å²) in [7, 11) is 0. The molecular formula is C56H54N2O4. The molecule has 0 saturated carbocycles. The molecule has 0 radical (unpaired) electrons. The highest BCUT2D eigenvalue weighted by Crippen LogP contribution is 2.44. The molecule has 1 atom stereocenters. The molecule has 0 heterocycles. The Morgan fingerprint density at radius 2 is 1.00 bits per heavy atom. The third kappa shape index (κ3) is 9.26. The molecule has 1 amide bonds. The van der Waals surface area contributed by atoms with E-state index < -0.39 is 29.7 Å². The molecule has 6 heteroatoms. The molecule has 0 spiro atoms. The summed E-state index contributed by atoms with van der Waals surface area (Å²) in [5.74, 6) is -0.625. The smallest absolute Gasteiger partial charge is 0.407 e. The van der Waals surface area contributed by atoms with E-state index in [0.717, 1.165) is 67.6 Å². The van der Waals surface area contributed by atoms with Crippen LogP contribution in [0.2, 0.25) is 0 Å². The summed E-state index contributed by atoms with van der Waals surface area (Å²) in [6.07, 6.45) is 0.393. The van der Waals surface area contributed by atoms with Crippen LogP contribution in [-0.2, 0) is 19.8 Å². The number of nitrogens with one attached hydrogen (secondary N) is 2. The normalized spacial score (nSPS) is 12.6. The lowest BCUT2D eigenvalue weighted by Crippen LogP contribution is -2.45. The zero-order valence-electron chi connectivity index (χ0n) is 35.7. The lowest BCUT2D eigenvalue weighted by molar-refractivity contribution is -0.150. The number of unbranched alkanes of at least 4 members (excludes halogenated alkanes) is 1. The number of esters is 1. The van der Waals surface area contributed by atoms with Gasteiger partial charge >= 0.3 is 12.1 Å². The summed E-state index contributed by atoms with van der Waals surface area (Å²) in [5, 5.41) is 6.92. The van der Waals surface area contributed by atoms with E-state index in [1.165, 1.54) is 5.56 Å². The number of benzene rings is 7. The first-order valence-corrected chi connectivity index (χ1v) is 21.7. The van der Waals surface area contributed by atoms with Crippen LogP contribution in [0.5, 0.6) is 0 Å². The van der Waals surface area contributed by atoms with Crippen LogP contribution in [0.25, 0.3) is 11.1 Å². The zero-order valence-corrected chi connectivity index (χ0v) is 35.7. The summed E-state index contributed by atoms with van der Waals surface area (Å²) in [6.45, 7) is 6.95. The van der Waals surface area contributed by atoms with Gasteiger partial charge in [-0.15, -0.1) is 0 Å². The van der Waals surface area contributed by atoms with Crippen LogP contribution in [0, 0.1) is 20.8 Å². The summed E-state index contributed by atoms with van der Waals surface area (Å²) >= 11 is 0. The molecule has 7 aromatic rings. The predicted octanol–water partition coefficient (Wildman–Crippen LogP) is 11.9. The quantitative estimate of drug-likeness (QED) is 0.0577. The standard InChI is InChI=1S/C56H54N2O4/c1-39-25-31-42(32-26-39)53(43-33-27-40(2)28-34-43)62-54(59)52(58-55(60)61-38-51-49-22-12-10-20-47(49)48-21-11-13-23-50(48)51)24-14-15-37-57-56(44-16-6-4-7-17-44,45-18-8-5-9-19-45)46-35-29-41(3)30-36-46/h4-13,16-23,25-36,51-53,57H,14-15,24,37-38H2,1-3H3,(H,58,60)/t52-/m1/s1. The topological polar surface area (TPSA) is 76.7 Å². The van der Waals surface area contributed by atoms with Gasteiger partial charge in [0.1, 0.15) is 12.6 Å². The fraction of sp³-hybridized carbons (Fsp3) is 0.214. The average molecular weight is 819 g/mol. The largest absolute Gasteiger partial charge is 0.451 e. The maximum Gasteiger partial charge on any atom is 0.407 e. The molecule has 7 aromatic carbocycles. The number of fused-ring (bicyclic) bond motifs is 3. The number of ether oxygens (including phenoxy) is 2. The van der Waals surface area contributed by atoms with Gasteiger partial charge in [0.15, 0.2) is 6.10 Å². The number of hydrogen-bond donors (Lipinski definition) is 2. The number of aryl methyl sites for hydroxylation is 3. The molecule has 312 valence electrons. The van der Waals surface area contributed by atoms with E-state index in [0.29, 0.717) is 19.4 Å². The maximum absolute atomic E-state index is 14.5. The van der Waals surface area contributed by atoms with Crippen molar-refractivity contribution in [3.63, 3.8) is 0 Å². The molecular weight excluding hydrogens is 765 g/mol. The Morgan fingerprint density at radius 3 is 1.52 bits per heavy atom. The van der Waals surface area contributed by atoms with E-state index in [-0.39, 0.29) is 12.5 Å². The number of rotatable bonds is 16. The molecule has 0 fully saturated rings. The molecule has 0 aliphatic heterocycles. The molecule has 2 N–H and O–H groups in total. The zero-order chi connectivity index (χ0) is 42.9. The highest BCUT2D eigenvalue weighted by molar-refractivity contribution is 5.82. The monoisotopic (exact) mass is 818 g/mol. The van der Waals surface area contributed by atoms with Crippen molar-refractivity contribution < 1.29 is 19.1 Å². The second-order valence-corrected chi connectivity index (χ2v) is 16.4. The van der Waals surface area contributed by atoms with E-state index in [4.69, 9.17) is 9.47 Å². The van der Waals surface area contributed by atoms with Gasteiger partial charge in [-0.1, -0.05) is 199 Å². The Balaban J connectivity index is 1.02. The van der Waals surface area contributed by atoms with Crippen molar-refractivity contribution in [2.24, 2.45) is 0 Å². The summed E-state index contributed by atoms with van der Waals surface area (Å²) in [6, 6.07) is 61.4. The van der Waals surface area contributed by atoms with Crippen LogP contribution in [0.4, 0.5) is 4.79 Å². The lowest BCUT2D eigenvalue weighted by atomic mass is 9.76. The Bertz CT molecular complexity index is 2440. The highest BCUT2D eigenvalue weighted by Gasteiger charge is 2.36. The molecule has 0 bridgehead atoms. The molecule has 0 aromatic heterocycles. The SMILES string of the molecule is Cc1ccc(C(OC(=O)[C@@H](CCCCNC(c2ccccc2)(c2ccccc2)c2ccc(C)cc2)NC(=O)OCC2c3ccccc3-c3ccccc32)c2ccc(C)cc2)cc1. The van der Waals surface area contributed by atoms with Crippen LogP contribution in [0.15, 0.2) is 182 Å². The number of carbonyl (C=O) groups is 2. The minimum absolute atomic E-state index is 0.111. The second-order valence-electron chi connectivity index (χ2n) is 16.4. The van der Waals surface area contributed by atoms with Crippen molar-refractivity contribution >= 4 is 12.1 Å². The van der Waals surface area contributed by atoms with E-state index in [9.17, 15) is 9.59 Å². The van der Waals surface area contributed by atoms with Gasteiger partial charge in [-0.25, -0.2) is 9.59 Å². The van der Waals surface area contributed by atoms with E-state index >= 15 is 0 Å². The predicted molar refractivity (Wildman–Crippen MR) is 248 cm³/mol. The molecule has 0 saturated heterocycles. The molecule has 6 nitrogen and oxygen atoms in total. The van der Waals surface area contributed by atoms with Crippen LogP contribution < -0.4 is 10.6 Å². The average Bonchev–Trinajstić information content (AvgIpc) is 3.63. The highest BCUT2D eigenvalue weighted by atomic mass is 16.6. The van der Waals surface area contributed by atoms with Crippen LogP contribution in [0.1, 0.15) is 86.9 Å². The van der Waals surface area contributed by atoms with Gasteiger partial charge in [0, 0.05) is 5.92 Å². The molecule has 0 unspecified atom stereocenters. The van der Waals surface area contributed by atoms with Crippen molar-refractivity contribution in [2.75, 3.05) is 13.2 Å². The van der Waals surface area contributed by atoms with Crippen LogP contribution in [-0.4, -0.2) is 31.3 Å². The summed E-state index contributed by atoms with van der Waals surface area (Å²) in [5.41, 5.74) is 12.4. The first-order chi connectivity index (χ1) is 30.3. The number of amides is 1. The van der Waals surface area contributed by atoms with Crippen molar-refractivity contribution in [1.82, 2.24) is 10.6 Å². The van der Waals surface area contributed by atoms with E-state index in [1.807, 2.05) is 98.8 Å². The maximum atomic E-state index is 14.5. The molecule has 8 rings (SSSR count). The van der Waals surface area contributed by atoms with Gasteiger partial charge in [-0.3, -0.25) is 5.32 Å². The van der Waals surface area contributed by atoms with Gasteiger partial charge in [0.2, 0.25) is 0 Å². The number of carbonyl (C=O) groups excluding carboxylic acids is 2. The Morgan fingerprint density at radius 1 is 0.548 bits per heavy atom. The van der Waals surface area contributed by atoms with Gasteiger partial charge in [-0.2, -0.15) is 0 Å². The first-order valence-electron chi connectivity index (χ1n) is 21.7. The second kappa shape index (κ2) is 19.3. The van der Waals surface area contributed by atoms with Gasteiger partial charge in [0.05, 0.1) is 5.54 Å². The molecule has 1 aliphatic carbocycles. The fourth-order valence-corrected chi connectivity index (χ4v) is 8.78. The lowest BCUT2D eigenvalue weighted by Gasteiger charge is -2.37. The van der Waals surface area contributed by atoms with Crippen LogP contribution in [0.3, 0.4) is 0 Å². The van der Waals surface area contributed by atoms with Crippen molar-refractivity contribution in [3.8, 4) is 11.1 Å². The minimum atomic E-state index is -0.950. The van der Waals surface area contributed by atoms with Gasteiger partial charge < -0.3 is 14.8 Å². The fourth-order valence-electron chi connectivity index (χ4n) is 8.78. The number of alkyl carbamates (subject to hydrolysis) is 1. The Labute approximate surface area is 366 Å². The third-order valence-electron chi connectivity index (χ3n) is 12.1. The minimum Gasteiger partial charge on any atom is -0.451 e. The summed E-state index contributed by atoms with van der Waals surface area (Å²) < 4.78 is 12.4. The Hall–Kier alpha value is -6.76. The Kier molecular flexibility index (Phi) is 13.1. The van der Waals surface area contributed by atoms with Gasteiger partial charge in [-0.05, 0) is 96.6 Å². The summed E-state index contributed by atoms with van der Waals surface area (Å²) in [4.78, 5) is 28.3. The van der Waals surface area contributed by atoms with Crippen molar-refractivity contribution in [3.05, 3.63) is 238 Å². The van der Waals surface area contributed by atoms with Crippen molar-refractivity contribution in [1.29, 1.82) is 0 Å². The van der Waals surface area contributed by atoms with E-state index in [2.05, 4.69) is 115 Å². The van der Waals surface area contributed by atoms with Crippen molar-refractivity contribution in [2.45, 2.75) is 63.6 Å². The van der Waals surface area contributed by atoms with E-state index in [1.54, 1.807) is 0 Å². The van der Waals surface area contributed by atoms with Gasteiger partial charge in [0.25, 0.3) is 0 Å². The first kappa shape index (κ1) is 42.0.